The smallest absolute Gasteiger partial charge is 0.124 e. The van der Waals surface area contributed by atoms with E-state index < -0.39 is 0 Å². The maximum Gasteiger partial charge on any atom is 0.124 e. The number of benzene rings is 1. The number of hydrogen-bond acceptors (Lipinski definition) is 2. The van der Waals surface area contributed by atoms with Gasteiger partial charge in [-0.15, -0.1) is 0 Å². The summed E-state index contributed by atoms with van der Waals surface area (Å²) in [5, 5.41) is 8.39. The molecule has 0 atom stereocenters. The molecule has 0 spiro atoms. The van der Waals surface area contributed by atoms with E-state index in [2.05, 4.69) is 32.6 Å². The molecule has 0 fully saturated rings. The molecule has 0 aliphatic carbocycles. The SMILES string of the molecule is CC(C)CN(CC(C)C)c1cc(Cl)ccc1C(=N)N. The zero-order valence-electron chi connectivity index (χ0n) is 12.2. The lowest BCUT2D eigenvalue weighted by Gasteiger charge is -2.30. The molecule has 1 aromatic carbocycles. The number of nitrogens with zero attached hydrogens (tertiary/aromatic N) is 1. The lowest BCUT2D eigenvalue weighted by atomic mass is 10.1. The second-order valence-electron chi connectivity index (χ2n) is 5.77. The Hall–Kier alpha value is -1.22. The molecule has 3 nitrogen and oxygen atoms in total. The zero-order valence-corrected chi connectivity index (χ0v) is 13.0. The van der Waals surface area contributed by atoms with Crippen LogP contribution in [0.4, 0.5) is 5.69 Å². The van der Waals surface area contributed by atoms with Gasteiger partial charge in [0.25, 0.3) is 0 Å². The molecule has 0 heterocycles. The predicted octanol–water partition coefficient (Wildman–Crippen LogP) is 3.74. The Kier molecular flexibility index (Phi) is 5.67. The van der Waals surface area contributed by atoms with Gasteiger partial charge in [-0.1, -0.05) is 39.3 Å². The van der Waals surface area contributed by atoms with Gasteiger partial charge in [-0.3, -0.25) is 5.41 Å². The van der Waals surface area contributed by atoms with Gasteiger partial charge in [-0.25, -0.2) is 0 Å². The molecule has 0 amide bonds. The highest BCUT2D eigenvalue weighted by Gasteiger charge is 2.16. The molecule has 0 unspecified atom stereocenters. The van der Waals surface area contributed by atoms with Crippen molar-refractivity contribution >= 4 is 23.1 Å². The van der Waals surface area contributed by atoms with Crippen molar-refractivity contribution in [3.05, 3.63) is 28.8 Å². The number of nitrogens with two attached hydrogens (primary N) is 1. The first-order valence-corrected chi connectivity index (χ1v) is 7.08. The van der Waals surface area contributed by atoms with Gasteiger partial charge >= 0.3 is 0 Å². The van der Waals surface area contributed by atoms with Gasteiger partial charge in [0.2, 0.25) is 0 Å². The van der Waals surface area contributed by atoms with E-state index in [1.165, 1.54) is 0 Å². The average Bonchev–Trinajstić information content (AvgIpc) is 2.26. The fourth-order valence-corrected chi connectivity index (χ4v) is 2.31. The van der Waals surface area contributed by atoms with Crippen LogP contribution in [0.15, 0.2) is 18.2 Å². The summed E-state index contributed by atoms with van der Waals surface area (Å²) in [6.07, 6.45) is 0. The van der Waals surface area contributed by atoms with E-state index in [-0.39, 0.29) is 5.84 Å². The van der Waals surface area contributed by atoms with Crippen molar-refractivity contribution in [1.82, 2.24) is 0 Å². The van der Waals surface area contributed by atoms with Gasteiger partial charge in [-0.05, 0) is 30.0 Å². The summed E-state index contributed by atoms with van der Waals surface area (Å²) in [6.45, 7) is 10.6. The number of rotatable bonds is 6. The second kappa shape index (κ2) is 6.80. The topological polar surface area (TPSA) is 53.1 Å². The minimum absolute atomic E-state index is 0.0872. The molecule has 1 rings (SSSR count). The summed E-state index contributed by atoms with van der Waals surface area (Å²) in [5.41, 5.74) is 7.39. The Morgan fingerprint density at radius 3 is 2.16 bits per heavy atom. The Balaban J connectivity index is 3.18. The molecule has 1 aromatic rings. The Bertz CT molecular complexity index is 431. The summed E-state index contributed by atoms with van der Waals surface area (Å²) in [6, 6.07) is 5.52. The standard InChI is InChI=1S/C15H24ClN3/c1-10(2)8-19(9-11(3)4)14-7-12(16)5-6-13(14)15(17)18/h5-7,10-11H,8-9H2,1-4H3,(H3,17,18). The van der Waals surface area contributed by atoms with Crippen molar-refractivity contribution in [3.8, 4) is 0 Å². The van der Waals surface area contributed by atoms with Crippen LogP contribution in [-0.4, -0.2) is 18.9 Å². The number of nitrogen functional groups attached to an aromatic ring is 1. The van der Waals surface area contributed by atoms with Crippen LogP contribution < -0.4 is 10.6 Å². The minimum atomic E-state index is 0.0872. The van der Waals surface area contributed by atoms with Crippen LogP contribution in [0.5, 0.6) is 0 Å². The van der Waals surface area contributed by atoms with Crippen LogP contribution >= 0.6 is 11.6 Å². The molecule has 0 bridgehead atoms. The molecule has 19 heavy (non-hydrogen) atoms. The molecule has 0 aliphatic rings. The molecular formula is C15H24ClN3. The number of amidine groups is 1. The molecule has 0 saturated carbocycles. The molecule has 4 heteroatoms. The fraction of sp³-hybridized carbons (Fsp3) is 0.533. The number of hydrogen-bond donors (Lipinski definition) is 2. The average molecular weight is 282 g/mol. The summed E-state index contributed by atoms with van der Waals surface area (Å²) < 4.78 is 0. The number of nitrogens with one attached hydrogen (secondary N) is 1. The molecule has 0 aromatic heterocycles. The molecular weight excluding hydrogens is 258 g/mol. The van der Waals surface area contributed by atoms with Gasteiger partial charge in [0, 0.05) is 29.4 Å². The molecule has 3 N–H and O–H groups in total. The third-order valence-corrected chi connectivity index (χ3v) is 3.00. The highest BCUT2D eigenvalue weighted by atomic mass is 35.5. The predicted molar refractivity (Wildman–Crippen MR) is 84.4 cm³/mol. The summed E-state index contributed by atoms with van der Waals surface area (Å²) in [5.74, 6) is 1.17. The lowest BCUT2D eigenvalue weighted by Crippen LogP contribution is -2.33. The highest BCUT2D eigenvalue weighted by molar-refractivity contribution is 6.31. The number of anilines is 1. The highest BCUT2D eigenvalue weighted by Crippen LogP contribution is 2.26. The Labute approximate surface area is 121 Å². The summed E-state index contributed by atoms with van der Waals surface area (Å²) >= 11 is 6.10. The van der Waals surface area contributed by atoms with Crippen molar-refractivity contribution in [2.75, 3.05) is 18.0 Å². The Morgan fingerprint density at radius 2 is 1.74 bits per heavy atom. The van der Waals surface area contributed by atoms with E-state index in [1.807, 2.05) is 12.1 Å². The van der Waals surface area contributed by atoms with E-state index >= 15 is 0 Å². The lowest BCUT2D eigenvalue weighted by molar-refractivity contribution is 0.552. The van der Waals surface area contributed by atoms with Crippen LogP contribution in [0, 0.1) is 17.2 Å². The van der Waals surface area contributed by atoms with Gasteiger partial charge in [0.15, 0.2) is 0 Å². The quantitative estimate of drug-likeness (QED) is 0.616. The fourth-order valence-electron chi connectivity index (χ4n) is 2.15. The molecule has 106 valence electrons. The summed E-state index contributed by atoms with van der Waals surface area (Å²) in [7, 11) is 0. The largest absolute Gasteiger partial charge is 0.384 e. The van der Waals surface area contributed by atoms with Crippen molar-refractivity contribution in [2.45, 2.75) is 27.7 Å². The normalized spacial score (nSPS) is 11.1. The third kappa shape index (κ3) is 4.75. The first-order chi connectivity index (χ1) is 8.81. The first kappa shape index (κ1) is 15.8. The monoisotopic (exact) mass is 281 g/mol. The van der Waals surface area contributed by atoms with E-state index in [0.29, 0.717) is 16.9 Å². The molecule has 0 aliphatic heterocycles. The van der Waals surface area contributed by atoms with Gasteiger partial charge < -0.3 is 10.6 Å². The van der Waals surface area contributed by atoms with Crippen LogP contribution in [0.3, 0.4) is 0 Å². The van der Waals surface area contributed by atoms with Gasteiger partial charge in [-0.2, -0.15) is 0 Å². The maximum atomic E-state index is 7.71. The van der Waals surface area contributed by atoms with Crippen molar-refractivity contribution in [3.63, 3.8) is 0 Å². The minimum Gasteiger partial charge on any atom is -0.384 e. The van der Waals surface area contributed by atoms with Crippen molar-refractivity contribution in [1.29, 1.82) is 5.41 Å². The second-order valence-corrected chi connectivity index (χ2v) is 6.20. The summed E-state index contributed by atoms with van der Waals surface area (Å²) in [4.78, 5) is 2.28. The van der Waals surface area contributed by atoms with E-state index in [0.717, 1.165) is 24.3 Å². The van der Waals surface area contributed by atoms with Crippen LogP contribution in [0.1, 0.15) is 33.3 Å². The first-order valence-electron chi connectivity index (χ1n) is 6.70. The Morgan fingerprint density at radius 1 is 1.21 bits per heavy atom. The van der Waals surface area contributed by atoms with Crippen LogP contribution in [-0.2, 0) is 0 Å². The molecule has 0 saturated heterocycles. The van der Waals surface area contributed by atoms with Crippen molar-refractivity contribution in [2.24, 2.45) is 17.6 Å². The van der Waals surface area contributed by atoms with Gasteiger partial charge in [0.05, 0.1) is 0 Å². The molecule has 0 radical (unpaired) electrons. The number of halogens is 1. The third-order valence-electron chi connectivity index (χ3n) is 2.76. The van der Waals surface area contributed by atoms with Gasteiger partial charge in [0.1, 0.15) is 5.84 Å². The zero-order chi connectivity index (χ0) is 14.6. The van der Waals surface area contributed by atoms with E-state index in [1.54, 1.807) is 6.07 Å². The van der Waals surface area contributed by atoms with Crippen LogP contribution in [0.2, 0.25) is 5.02 Å². The van der Waals surface area contributed by atoms with E-state index in [9.17, 15) is 0 Å². The van der Waals surface area contributed by atoms with E-state index in [4.69, 9.17) is 22.7 Å². The van der Waals surface area contributed by atoms with Crippen molar-refractivity contribution < 1.29 is 0 Å². The van der Waals surface area contributed by atoms with Crippen LogP contribution in [0.25, 0.3) is 0 Å². The maximum absolute atomic E-state index is 7.71.